The minimum atomic E-state index is 0.359. The Bertz CT molecular complexity index is 642. The maximum Gasteiger partial charge on any atom is 0.156 e. The van der Waals surface area contributed by atoms with Gasteiger partial charge in [-0.05, 0) is 18.9 Å². The third kappa shape index (κ3) is 4.10. The summed E-state index contributed by atoms with van der Waals surface area (Å²) in [7, 11) is 1.68. The molecule has 2 heterocycles. The minimum Gasteiger partial charge on any atom is -0.381 e. The first-order valence-corrected chi connectivity index (χ1v) is 8.53. The van der Waals surface area contributed by atoms with E-state index in [-0.39, 0.29) is 0 Å². The van der Waals surface area contributed by atoms with Gasteiger partial charge in [-0.1, -0.05) is 30.3 Å². The highest BCUT2D eigenvalue weighted by molar-refractivity contribution is 5.42. The van der Waals surface area contributed by atoms with Crippen LogP contribution in [-0.4, -0.2) is 36.8 Å². The molecule has 0 radical (unpaired) electrons. The Balaban J connectivity index is 1.88. The maximum atomic E-state index is 5.53. The van der Waals surface area contributed by atoms with Crippen molar-refractivity contribution in [2.24, 2.45) is 0 Å². The first-order chi connectivity index (χ1) is 11.8. The summed E-state index contributed by atoms with van der Waals surface area (Å²) in [5.41, 5.74) is 2.34. The quantitative estimate of drug-likeness (QED) is 0.782. The monoisotopic (exact) mass is 327 g/mol. The molecule has 0 saturated carbocycles. The number of nitrogens with zero attached hydrogens (tertiary/aromatic N) is 3. The van der Waals surface area contributed by atoms with Crippen LogP contribution >= 0.6 is 0 Å². The molecule has 1 aromatic carbocycles. The van der Waals surface area contributed by atoms with Crippen LogP contribution in [-0.2, 0) is 22.6 Å². The fourth-order valence-corrected chi connectivity index (χ4v) is 2.99. The molecule has 5 nitrogen and oxygen atoms in total. The largest absolute Gasteiger partial charge is 0.381 e. The molecule has 24 heavy (non-hydrogen) atoms. The van der Waals surface area contributed by atoms with Gasteiger partial charge in [-0.3, -0.25) is 0 Å². The molecule has 1 atom stereocenters. The van der Waals surface area contributed by atoms with Crippen LogP contribution in [0.5, 0.6) is 0 Å². The number of anilines is 1. The van der Waals surface area contributed by atoms with E-state index in [0.717, 1.165) is 50.1 Å². The Morgan fingerprint density at radius 2 is 2.08 bits per heavy atom. The van der Waals surface area contributed by atoms with Crippen molar-refractivity contribution in [2.75, 3.05) is 31.8 Å². The number of hydrogen-bond donors (Lipinski definition) is 0. The van der Waals surface area contributed by atoms with Gasteiger partial charge >= 0.3 is 0 Å². The van der Waals surface area contributed by atoms with Gasteiger partial charge in [0.25, 0.3) is 0 Å². The average Bonchev–Trinajstić information content (AvgIpc) is 3.15. The van der Waals surface area contributed by atoms with Crippen LogP contribution in [0, 0.1) is 0 Å². The highest BCUT2D eigenvalue weighted by atomic mass is 16.5. The molecule has 5 heteroatoms. The van der Waals surface area contributed by atoms with E-state index in [1.54, 1.807) is 7.11 Å². The molecule has 0 bridgehead atoms. The van der Waals surface area contributed by atoms with Gasteiger partial charge in [0.05, 0.1) is 12.3 Å². The second-order valence-corrected chi connectivity index (χ2v) is 6.06. The molecule has 1 aliphatic rings. The van der Waals surface area contributed by atoms with Crippen LogP contribution in [0.25, 0.3) is 0 Å². The summed E-state index contributed by atoms with van der Waals surface area (Å²) in [5.74, 6) is 2.06. The summed E-state index contributed by atoms with van der Waals surface area (Å²) in [4.78, 5) is 11.7. The summed E-state index contributed by atoms with van der Waals surface area (Å²) in [6, 6.07) is 12.6. The average molecular weight is 327 g/mol. The maximum absolute atomic E-state index is 5.53. The van der Waals surface area contributed by atoms with Crippen LogP contribution in [0.3, 0.4) is 0 Å². The second-order valence-electron chi connectivity index (χ2n) is 6.06. The van der Waals surface area contributed by atoms with E-state index in [0.29, 0.717) is 12.5 Å². The number of aromatic nitrogens is 2. The van der Waals surface area contributed by atoms with Gasteiger partial charge in [0.1, 0.15) is 12.4 Å². The lowest BCUT2D eigenvalue weighted by Gasteiger charge is -2.24. The number of benzene rings is 1. The summed E-state index contributed by atoms with van der Waals surface area (Å²) in [6.07, 6.45) is 1.02. The van der Waals surface area contributed by atoms with E-state index in [1.807, 2.05) is 6.07 Å². The van der Waals surface area contributed by atoms with Crippen LogP contribution in [0.2, 0.25) is 0 Å². The molecule has 0 unspecified atom stereocenters. The zero-order valence-electron chi connectivity index (χ0n) is 14.4. The molecular weight excluding hydrogens is 302 g/mol. The van der Waals surface area contributed by atoms with Gasteiger partial charge in [-0.25, -0.2) is 9.97 Å². The highest BCUT2D eigenvalue weighted by Gasteiger charge is 2.22. The van der Waals surface area contributed by atoms with Crippen molar-refractivity contribution < 1.29 is 9.47 Å². The lowest BCUT2D eigenvalue weighted by atomic mass is 10.0. The minimum absolute atomic E-state index is 0.359. The van der Waals surface area contributed by atoms with Crippen LogP contribution < -0.4 is 4.90 Å². The van der Waals surface area contributed by atoms with E-state index < -0.39 is 0 Å². The summed E-state index contributed by atoms with van der Waals surface area (Å²) in [6.45, 7) is 5.86. The summed E-state index contributed by atoms with van der Waals surface area (Å²) < 4.78 is 10.8. The molecule has 0 N–H and O–H groups in total. The Morgan fingerprint density at radius 1 is 1.25 bits per heavy atom. The Kier molecular flexibility index (Phi) is 5.77. The Hall–Kier alpha value is -1.98. The van der Waals surface area contributed by atoms with Crippen molar-refractivity contribution in [1.82, 2.24) is 9.97 Å². The van der Waals surface area contributed by atoms with E-state index in [1.165, 1.54) is 5.56 Å². The van der Waals surface area contributed by atoms with E-state index >= 15 is 0 Å². The summed E-state index contributed by atoms with van der Waals surface area (Å²) in [5, 5.41) is 0. The van der Waals surface area contributed by atoms with Crippen LogP contribution in [0.1, 0.15) is 36.3 Å². The molecule has 0 amide bonds. The molecule has 128 valence electrons. The normalized spacial score (nSPS) is 17.2. The molecular formula is C19H25N3O2. The fraction of sp³-hybridized carbons (Fsp3) is 0.474. The molecule has 1 saturated heterocycles. The third-order valence-corrected chi connectivity index (χ3v) is 4.32. The van der Waals surface area contributed by atoms with Crippen molar-refractivity contribution >= 4 is 5.82 Å². The topological polar surface area (TPSA) is 47.5 Å². The van der Waals surface area contributed by atoms with Gasteiger partial charge in [-0.2, -0.15) is 0 Å². The number of hydrogen-bond acceptors (Lipinski definition) is 5. The molecule has 1 fully saturated rings. The van der Waals surface area contributed by atoms with Crippen molar-refractivity contribution in [3.8, 4) is 0 Å². The smallest absolute Gasteiger partial charge is 0.156 e. The molecule has 1 aliphatic heterocycles. The third-order valence-electron chi connectivity index (χ3n) is 4.32. The predicted octanol–water partition coefficient (Wildman–Crippen LogP) is 3.15. The standard InChI is InChI=1S/C19H25N3O2/c1-3-22(12-15-7-5-4-6-8-15)19-11-17(16-9-10-24-13-16)20-18(21-19)14-23-2/h4-8,11,16H,3,9-10,12-14H2,1-2H3/t16-/m0/s1. The van der Waals surface area contributed by atoms with Gasteiger partial charge in [-0.15, -0.1) is 0 Å². The van der Waals surface area contributed by atoms with Crippen molar-refractivity contribution in [3.63, 3.8) is 0 Å². The molecule has 0 aliphatic carbocycles. The zero-order chi connectivity index (χ0) is 16.8. The Morgan fingerprint density at radius 3 is 2.75 bits per heavy atom. The van der Waals surface area contributed by atoms with E-state index in [9.17, 15) is 0 Å². The van der Waals surface area contributed by atoms with Crippen molar-refractivity contribution in [3.05, 3.63) is 53.5 Å². The Labute approximate surface area is 143 Å². The van der Waals surface area contributed by atoms with E-state index in [2.05, 4.69) is 47.1 Å². The SMILES string of the molecule is CCN(Cc1ccccc1)c1cc([C@H]2CCOC2)nc(COC)n1. The fourth-order valence-electron chi connectivity index (χ4n) is 2.99. The number of methoxy groups -OCH3 is 1. The lowest BCUT2D eigenvalue weighted by molar-refractivity contribution is 0.177. The van der Waals surface area contributed by atoms with Gasteiger partial charge in [0.15, 0.2) is 5.82 Å². The first-order valence-electron chi connectivity index (χ1n) is 8.53. The van der Waals surface area contributed by atoms with Gasteiger partial charge in [0, 0.05) is 38.8 Å². The second kappa shape index (κ2) is 8.22. The molecule has 0 spiro atoms. The first kappa shape index (κ1) is 16.9. The van der Waals surface area contributed by atoms with Crippen LogP contribution in [0.4, 0.5) is 5.82 Å². The number of rotatable bonds is 7. The zero-order valence-corrected chi connectivity index (χ0v) is 14.4. The van der Waals surface area contributed by atoms with E-state index in [4.69, 9.17) is 14.5 Å². The summed E-state index contributed by atoms with van der Waals surface area (Å²) >= 11 is 0. The van der Waals surface area contributed by atoms with Gasteiger partial charge < -0.3 is 14.4 Å². The molecule has 1 aromatic heterocycles. The van der Waals surface area contributed by atoms with Crippen LogP contribution in [0.15, 0.2) is 36.4 Å². The number of ether oxygens (including phenoxy) is 2. The molecule has 3 rings (SSSR count). The highest BCUT2D eigenvalue weighted by Crippen LogP contribution is 2.27. The molecule has 2 aromatic rings. The lowest BCUT2D eigenvalue weighted by Crippen LogP contribution is -2.24. The van der Waals surface area contributed by atoms with Gasteiger partial charge in [0.2, 0.25) is 0 Å². The predicted molar refractivity (Wildman–Crippen MR) is 94.1 cm³/mol. The van der Waals surface area contributed by atoms with Crippen molar-refractivity contribution in [2.45, 2.75) is 32.4 Å². The van der Waals surface area contributed by atoms with Crippen molar-refractivity contribution in [1.29, 1.82) is 0 Å².